The molecule has 0 spiro atoms. The van der Waals surface area contributed by atoms with Gasteiger partial charge in [0, 0.05) is 18.7 Å². The lowest BCUT2D eigenvalue weighted by Crippen LogP contribution is -2.34. The highest BCUT2D eigenvalue weighted by atomic mass is 32.2. The van der Waals surface area contributed by atoms with Gasteiger partial charge in [-0.3, -0.25) is 4.79 Å². The maximum atomic E-state index is 12.7. The molecule has 0 saturated carbocycles. The van der Waals surface area contributed by atoms with Crippen LogP contribution in [0.5, 0.6) is 5.75 Å². The molecule has 176 valence electrons. The minimum Gasteiger partial charge on any atom is -0.497 e. The average molecular weight is 500 g/mol. The lowest BCUT2D eigenvalue weighted by atomic mass is 10.1. The molecule has 0 fully saturated rings. The molecule has 12 heteroatoms. The summed E-state index contributed by atoms with van der Waals surface area (Å²) < 4.78 is 70.2. The first-order valence-electron chi connectivity index (χ1n) is 9.58. The molecule has 2 aromatic carbocycles. The van der Waals surface area contributed by atoms with Crippen LogP contribution in [-0.2, 0) is 16.2 Å². The van der Waals surface area contributed by atoms with Crippen LogP contribution >= 0.6 is 11.3 Å². The number of ether oxygens (including phenoxy) is 1. The molecule has 1 aromatic heterocycles. The van der Waals surface area contributed by atoms with Crippen LogP contribution in [0.1, 0.15) is 20.9 Å². The quantitative estimate of drug-likeness (QED) is 0.459. The fraction of sp³-hybridized carbons (Fsp3) is 0.238. The molecule has 33 heavy (non-hydrogen) atoms. The highest BCUT2D eigenvalue weighted by Gasteiger charge is 2.30. The number of aryl methyl sites for hydroxylation is 1. The van der Waals surface area contributed by atoms with E-state index in [0.29, 0.717) is 26.9 Å². The molecular weight excluding hydrogens is 479 g/mol. The van der Waals surface area contributed by atoms with E-state index in [4.69, 9.17) is 4.74 Å². The van der Waals surface area contributed by atoms with E-state index >= 15 is 0 Å². The molecular formula is C21H20F3N3O4S2. The zero-order valence-corrected chi connectivity index (χ0v) is 19.2. The number of amides is 1. The number of carbonyl (C=O) groups is 1. The SMILES string of the molecule is COc1ccc(S(=O)(=O)NCCNC(=O)c2sc(-c3ccc(C(F)(F)F)cc3)nc2C)cc1. The van der Waals surface area contributed by atoms with E-state index < -0.39 is 27.7 Å². The Bertz CT molecular complexity index is 1220. The minimum absolute atomic E-state index is 0.0289. The third-order valence-corrected chi connectivity index (χ3v) is 7.22. The smallest absolute Gasteiger partial charge is 0.416 e. The van der Waals surface area contributed by atoms with Gasteiger partial charge in [0.05, 0.1) is 23.3 Å². The zero-order valence-electron chi connectivity index (χ0n) is 17.6. The molecule has 3 rings (SSSR count). The number of aromatic nitrogens is 1. The molecule has 7 nitrogen and oxygen atoms in total. The van der Waals surface area contributed by atoms with E-state index in [1.165, 1.54) is 43.5 Å². The summed E-state index contributed by atoms with van der Waals surface area (Å²) in [6.45, 7) is 1.61. The first kappa shape index (κ1) is 24.7. The average Bonchev–Trinajstić information content (AvgIpc) is 3.18. The van der Waals surface area contributed by atoms with Crippen LogP contribution < -0.4 is 14.8 Å². The predicted octanol–water partition coefficient (Wildman–Crippen LogP) is 3.85. The number of rotatable bonds is 8. The van der Waals surface area contributed by atoms with Gasteiger partial charge in [-0.15, -0.1) is 11.3 Å². The van der Waals surface area contributed by atoms with Crippen molar-refractivity contribution >= 4 is 27.3 Å². The number of alkyl halides is 3. The van der Waals surface area contributed by atoms with Gasteiger partial charge in [-0.05, 0) is 43.3 Å². The second-order valence-electron chi connectivity index (χ2n) is 6.84. The van der Waals surface area contributed by atoms with Crippen LogP contribution in [0.2, 0.25) is 0 Å². The van der Waals surface area contributed by atoms with E-state index in [0.717, 1.165) is 23.5 Å². The summed E-state index contributed by atoms with van der Waals surface area (Å²) in [4.78, 5) is 17.1. The van der Waals surface area contributed by atoms with Crippen LogP contribution in [0, 0.1) is 6.92 Å². The maximum absolute atomic E-state index is 12.7. The first-order chi connectivity index (χ1) is 15.5. The van der Waals surface area contributed by atoms with E-state index in [1.807, 2.05) is 0 Å². The van der Waals surface area contributed by atoms with E-state index in [2.05, 4.69) is 15.0 Å². The summed E-state index contributed by atoms with van der Waals surface area (Å²) in [6, 6.07) is 10.4. The molecule has 1 amide bonds. The molecule has 0 atom stereocenters. The summed E-state index contributed by atoms with van der Waals surface area (Å²) in [5, 5.41) is 3.02. The number of carbonyl (C=O) groups excluding carboxylic acids is 1. The van der Waals surface area contributed by atoms with E-state index in [-0.39, 0.29) is 18.0 Å². The second kappa shape index (κ2) is 9.89. The highest BCUT2D eigenvalue weighted by Crippen LogP contribution is 2.33. The minimum atomic E-state index is -4.43. The molecule has 0 bridgehead atoms. The van der Waals surface area contributed by atoms with Gasteiger partial charge in [0.1, 0.15) is 15.6 Å². The Kier molecular flexibility index (Phi) is 7.40. The summed E-state index contributed by atoms with van der Waals surface area (Å²) in [5.74, 6) is 0.0728. The molecule has 3 aromatic rings. The summed E-state index contributed by atoms with van der Waals surface area (Å²) >= 11 is 1.04. The molecule has 1 heterocycles. The Morgan fingerprint density at radius 3 is 2.27 bits per heavy atom. The summed E-state index contributed by atoms with van der Waals surface area (Å²) in [6.07, 6.45) is -4.43. The number of methoxy groups -OCH3 is 1. The lowest BCUT2D eigenvalue weighted by Gasteiger charge is -2.08. The van der Waals surface area contributed by atoms with Gasteiger partial charge in [-0.2, -0.15) is 13.2 Å². The first-order valence-corrected chi connectivity index (χ1v) is 11.9. The van der Waals surface area contributed by atoms with Crippen molar-refractivity contribution in [1.29, 1.82) is 0 Å². The third kappa shape index (κ3) is 6.09. The number of halogens is 3. The van der Waals surface area contributed by atoms with Crippen molar-refractivity contribution < 1.29 is 31.1 Å². The Morgan fingerprint density at radius 2 is 1.70 bits per heavy atom. The zero-order chi connectivity index (χ0) is 24.2. The summed E-state index contributed by atoms with van der Waals surface area (Å²) in [5.41, 5.74) is 0.114. The van der Waals surface area contributed by atoms with Crippen molar-refractivity contribution in [3.05, 3.63) is 64.7 Å². The van der Waals surface area contributed by atoms with Gasteiger partial charge >= 0.3 is 6.18 Å². The lowest BCUT2D eigenvalue weighted by molar-refractivity contribution is -0.137. The largest absolute Gasteiger partial charge is 0.497 e. The van der Waals surface area contributed by atoms with Gasteiger partial charge in [-0.25, -0.2) is 18.1 Å². The van der Waals surface area contributed by atoms with Crippen molar-refractivity contribution in [2.75, 3.05) is 20.2 Å². The van der Waals surface area contributed by atoms with Gasteiger partial charge in [0.2, 0.25) is 10.0 Å². The molecule has 0 unspecified atom stereocenters. The van der Waals surface area contributed by atoms with Crippen molar-refractivity contribution in [2.24, 2.45) is 0 Å². The Morgan fingerprint density at radius 1 is 1.06 bits per heavy atom. The fourth-order valence-corrected chi connectivity index (χ4v) is 4.83. The number of sulfonamides is 1. The topological polar surface area (TPSA) is 97.4 Å². The third-order valence-electron chi connectivity index (χ3n) is 4.53. The normalized spacial score (nSPS) is 11.9. The standard InChI is InChI=1S/C21H20F3N3O4S2/c1-13-18(32-20(27-13)14-3-5-15(6-4-14)21(22,23)24)19(28)25-11-12-26-33(29,30)17-9-7-16(31-2)8-10-17/h3-10,26H,11-12H2,1-2H3,(H,25,28). The molecule has 0 aliphatic rings. The van der Waals surface area contributed by atoms with Gasteiger partial charge in [-0.1, -0.05) is 12.1 Å². The Hall–Kier alpha value is -2.96. The van der Waals surface area contributed by atoms with Gasteiger partial charge in [0.15, 0.2) is 0 Å². The predicted molar refractivity (Wildman–Crippen MR) is 118 cm³/mol. The molecule has 0 radical (unpaired) electrons. The van der Waals surface area contributed by atoms with Crippen LogP contribution in [-0.4, -0.2) is 39.5 Å². The summed E-state index contributed by atoms with van der Waals surface area (Å²) in [7, 11) is -2.27. The van der Waals surface area contributed by atoms with Gasteiger partial charge < -0.3 is 10.1 Å². The molecule has 0 aliphatic carbocycles. The van der Waals surface area contributed by atoms with Crippen molar-refractivity contribution in [3.8, 4) is 16.3 Å². The number of nitrogens with zero attached hydrogens (tertiary/aromatic N) is 1. The van der Waals surface area contributed by atoms with Gasteiger partial charge in [0.25, 0.3) is 5.91 Å². The highest BCUT2D eigenvalue weighted by molar-refractivity contribution is 7.89. The number of hydrogen-bond donors (Lipinski definition) is 2. The van der Waals surface area contributed by atoms with Crippen LogP contribution in [0.25, 0.3) is 10.6 Å². The molecule has 0 aliphatic heterocycles. The number of benzene rings is 2. The van der Waals surface area contributed by atoms with Crippen molar-refractivity contribution in [2.45, 2.75) is 18.0 Å². The molecule has 2 N–H and O–H groups in total. The van der Waals surface area contributed by atoms with Crippen molar-refractivity contribution in [1.82, 2.24) is 15.0 Å². The Balaban J connectivity index is 1.58. The van der Waals surface area contributed by atoms with E-state index in [9.17, 15) is 26.4 Å². The number of hydrogen-bond acceptors (Lipinski definition) is 6. The monoisotopic (exact) mass is 499 g/mol. The number of nitrogens with one attached hydrogen (secondary N) is 2. The van der Waals surface area contributed by atoms with Crippen LogP contribution in [0.4, 0.5) is 13.2 Å². The second-order valence-corrected chi connectivity index (χ2v) is 9.60. The van der Waals surface area contributed by atoms with E-state index in [1.54, 1.807) is 6.92 Å². The fourth-order valence-electron chi connectivity index (χ4n) is 2.81. The van der Waals surface area contributed by atoms with Crippen LogP contribution in [0.15, 0.2) is 53.4 Å². The maximum Gasteiger partial charge on any atom is 0.416 e. The van der Waals surface area contributed by atoms with Crippen molar-refractivity contribution in [3.63, 3.8) is 0 Å². The Labute approximate surface area is 192 Å². The van der Waals surface area contributed by atoms with Crippen LogP contribution in [0.3, 0.4) is 0 Å². The molecule has 0 saturated heterocycles. The number of thiazole rings is 1.